The Morgan fingerprint density at radius 2 is 2.67 bits per heavy atom. The average molecular weight is 171 g/mol. The first kappa shape index (κ1) is 8.99. The molecular formula is C7H13N3O2. The van der Waals surface area contributed by atoms with Gasteiger partial charge in [-0.15, -0.1) is 0 Å². The van der Waals surface area contributed by atoms with Crippen LogP contribution in [-0.4, -0.2) is 45.1 Å². The van der Waals surface area contributed by atoms with E-state index < -0.39 is 0 Å². The Kier molecular flexibility index (Phi) is 3.04. The van der Waals surface area contributed by atoms with Crippen LogP contribution in [0, 0.1) is 0 Å². The molecule has 0 aromatic carbocycles. The average Bonchev–Trinajstić information content (AvgIpc) is 2.52. The predicted octanol–water partition coefficient (Wildman–Crippen LogP) is -1.25. The molecule has 5 nitrogen and oxygen atoms in total. The summed E-state index contributed by atoms with van der Waals surface area (Å²) in [4.78, 5) is 15.1. The van der Waals surface area contributed by atoms with Crippen molar-refractivity contribution < 1.29 is 9.53 Å². The Bertz CT molecular complexity index is 203. The Hall–Kier alpha value is -1.10. The van der Waals surface area contributed by atoms with Crippen molar-refractivity contribution in [3.8, 4) is 0 Å². The van der Waals surface area contributed by atoms with E-state index in [4.69, 9.17) is 0 Å². The van der Waals surface area contributed by atoms with Crippen molar-refractivity contribution in [1.82, 2.24) is 10.6 Å². The summed E-state index contributed by atoms with van der Waals surface area (Å²) in [6.45, 7) is 1.14. The van der Waals surface area contributed by atoms with E-state index in [1.807, 2.05) is 7.05 Å². The number of methoxy groups -OCH3 is 1. The first-order valence-corrected chi connectivity index (χ1v) is 3.80. The van der Waals surface area contributed by atoms with E-state index in [1.54, 1.807) is 0 Å². The number of rotatable bonds is 3. The second kappa shape index (κ2) is 4.06. The lowest BCUT2D eigenvalue weighted by Gasteiger charge is -2.08. The van der Waals surface area contributed by atoms with Gasteiger partial charge in [0.25, 0.3) is 0 Å². The number of carbonyl (C=O) groups excluding carboxylic acids is 1. The Balaban J connectivity index is 2.36. The Labute approximate surface area is 71.2 Å². The lowest BCUT2D eigenvalue weighted by molar-refractivity contribution is -0.142. The zero-order chi connectivity index (χ0) is 8.97. The van der Waals surface area contributed by atoms with Gasteiger partial charge in [0.05, 0.1) is 20.2 Å². The van der Waals surface area contributed by atoms with Crippen LogP contribution >= 0.6 is 0 Å². The topological polar surface area (TPSA) is 62.7 Å². The van der Waals surface area contributed by atoms with Crippen molar-refractivity contribution in [3.05, 3.63) is 0 Å². The summed E-state index contributed by atoms with van der Waals surface area (Å²) in [5.74, 6) is 0.553. The predicted molar refractivity (Wildman–Crippen MR) is 45.2 cm³/mol. The fourth-order valence-electron chi connectivity index (χ4n) is 1.04. The second-order valence-electron chi connectivity index (χ2n) is 2.54. The summed E-state index contributed by atoms with van der Waals surface area (Å²) in [5, 5.41) is 5.90. The number of likely N-dealkylation sites (N-methyl/N-ethyl adjacent to an activating group) is 1. The van der Waals surface area contributed by atoms with Crippen LogP contribution in [0.2, 0.25) is 0 Å². The number of carbonyl (C=O) groups is 1. The Morgan fingerprint density at radius 1 is 1.92 bits per heavy atom. The molecule has 0 aromatic heterocycles. The minimum Gasteiger partial charge on any atom is -0.467 e. The van der Waals surface area contributed by atoms with Gasteiger partial charge in [0.1, 0.15) is 11.9 Å². The number of nitrogens with zero attached hydrogens (tertiary/aromatic N) is 1. The van der Waals surface area contributed by atoms with E-state index in [1.165, 1.54) is 7.11 Å². The van der Waals surface area contributed by atoms with Gasteiger partial charge in [-0.1, -0.05) is 0 Å². The van der Waals surface area contributed by atoms with Gasteiger partial charge in [-0.25, -0.2) is 4.79 Å². The van der Waals surface area contributed by atoms with Gasteiger partial charge in [0.2, 0.25) is 0 Å². The summed E-state index contributed by atoms with van der Waals surface area (Å²) in [5.41, 5.74) is 0. The third-order valence-electron chi connectivity index (χ3n) is 1.64. The molecule has 5 heteroatoms. The molecule has 0 amide bonds. The number of aliphatic imine (C=N–C) groups is 1. The van der Waals surface area contributed by atoms with Crippen molar-refractivity contribution in [2.75, 3.05) is 27.2 Å². The lowest BCUT2D eigenvalue weighted by atomic mass is 10.3. The summed E-state index contributed by atoms with van der Waals surface area (Å²) in [7, 11) is 3.20. The van der Waals surface area contributed by atoms with Crippen molar-refractivity contribution in [2.24, 2.45) is 4.99 Å². The molecule has 68 valence electrons. The fourth-order valence-corrected chi connectivity index (χ4v) is 1.04. The van der Waals surface area contributed by atoms with Gasteiger partial charge in [-0.2, -0.15) is 0 Å². The number of nitrogens with one attached hydrogen (secondary N) is 2. The maximum Gasteiger partial charge on any atom is 0.330 e. The Morgan fingerprint density at radius 3 is 3.25 bits per heavy atom. The van der Waals surface area contributed by atoms with Crippen molar-refractivity contribution in [1.29, 1.82) is 0 Å². The summed E-state index contributed by atoms with van der Waals surface area (Å²) < 4.78 is 4.57. The molecule has 1 aliphatic heterocycles. The van der Waals surface area contributed by atoms with Gasteiger partial charge < -0.3 is 15.4 Å². The number of amidine groups is 1. The van der Waals surface area contributed by atoms with E-state index in [2.05, 4.69) is 20.4 Å². The molecule has 1 aliphatic rings. The molecule has 1 atom stereocenters. The van der Waals surface area contributed by atoms with Crippen molar-refractivity contribution in [2.45, 2.75) is 6.04 Å². The van der Waals surface area contributed by atoms with Gasteiger partial charge >= 0.3 is 5.97 Å². The quantitative estimate of drug-likeness (QED) is 0.521. The van der Waals surface area contributed by atoms with Crippen LogP contribution < -0.4 is 10.6 Å². The first-order chi connectivity index (χ1) is 5.77. The molecule has 12 heavy (non-hydrogen) atoms. The van der Waals surface area contributed by atoms with Crippen LogP contribution in [-0.2, 0) is 9.53 Å². The van der Waals surface area contributed by atoms with Gasteiger partial charge in [-0.05, 0) is 7.05 Å². The van der Waals surface area contributed by atoms with Gasteiger partial charge in [-0.3, -0.25) is 4.99 Å². The van der Waals surface area contributed by atoms with E-state index in [-0.39, 0.29) is 12.0 Å². The van der Waals surface area contributed by atoms with Gasteiger partial charge in [0.15, 0.2) is 0 Å². The number of esters is 1. The molecule has 0 saturated heterocycles. The molecule has 1 unspecified atom stereocenters. The molecule has 0 saturated carbocycles. The largest absolute Gasteiger partial charge is 0.467 e. The monoisotopic (exact) mass is 171 g/mol. The molecule has 0 aromatic rings. The molecule has 0 bridgehead atoms. The maximum atomic E-state index is 11.0. The SMILES string of the molecule is CNCC1=NCC(C(=O)OC)N1. The minimum atomic E-state index is -0.293. The molecule has 0 spiro atoms. The smallest absolute Gasteiger partial charge is 0.330 e. The highest BCUT2D eigenvalue weighted by atomic mass is 16.5. The molecule has 0 radical (unpaired) electrons. The zero-order valence-corrected chi connectivity index (χ0v) is 7.26. The van der Waals surface area contributed by atoms with Crippen molar-refractivity contribution >= 4 is 11.8 Å². The zero-order valence-electron chi connectivity index (χ0n) is 7.26. The van der Waals surface area contributed by atoms with Crippen LogP contribution in [0.4, 0.5) is 0 Å². The normalized spacial score (nSPS) is 21.5. The first-order valence-electron chi connectivity index (χ1n) is 3.80. The van der Waals surface area contributed by atoms with Crippen molar-refractivity contribution in [3.63, 3.8) is 0 Å². The highest BCUT2D eigenvalue weighted by Crippen LogP contribution is 1.97. The molecule has 1 rings (SSSR count). The minimum absolute atomic E-state index is 0.259. The third kappa shape index (κ3) is 1.94. The number of ether oxygens (including phenoxy) is 1. The number of hydrogen-bond donors (Lipinski definition) is 2. The molecule has 0 fully saturated rings. The molecular weight excluding hydrogens is 158 g/mol. The standard InChI is InChI=1S/C7H13N3O2/c1-8-4-6-9-3-5(10-6)7(11)12-2/h5,8H,3-4H2,1-2H3,(H,9,10). The fraction of sp³-hybridized carbons (Fsp3) is 0.714. The van der Waals surface area contributed by atoms with E-state index >= 15 is 0 Å². The van der Waals surface area contributed by atoms with Crippen LogP contribution in [0.3, 0.4) is 0 Å². The van der Waals surface area contributed by atoms with E-state index in [0.717, 1.165) is 5.84 Å². The van der Waals surface area contributed by atoms with E-state index in [9.17, 15) is 4.79 Å². The molecule has 2 N–H and O–H groups in total. The summed E-state index contributed by atoms with van der Waals surface area (Å²) in [6.07, 6.45) is 0. The highest BCUT2D eigenvalue weighted by molar-refractivity contribution is 5.91. The maximum absolute atomic E-state index is 11.0. The van der Waals surface area contributed by atoms with E-state index in [0.29, 0.717) is 13.1 Å². The number of hydrogen-bond acceptors (Lipinski definition) is 5. The second-order valence-corrected chi connectivity index (χ2v) is 2.54. The molecule has 0 aliphatic carbocycles. The van der Waals surface area contributed by atoms with Crippen LogP contribution in [0.5, 0.6) is 0 Å². The van der Waals surface area contributed by atoms with Gasteiger partial charge in [0, 0.05) is 0 Å². The van der Waals surface area contributed by atoms with Crippen LogP contribution in [0.25, 0.3) is 0 Å². The molecule has 1 heterocycles. The lowest BCUT2D eigenvalue weighted by Crippen LogP contribution is -2.40. The highest BCUT2D eigenvalue weighted by Gasteiger charge is 2.24. The third-order valence-corrected chi connectivity index (χ3v) is 1.64. The summed E-state index contributed by atoms with van der Waals surface area (Å²) >= 11 is 0. The van der Waals surface area contributed by atoms with Crippen LogP contribution in [0.1, 0.15) is 0 Å². The van der Waals surface area contributed by atoms with Crippen LogP contribution in [0.15, 0.2) is 4.99 Å². The summed E-state index contributed by atoms with van der Waals surface area (Å²) in [6, 6.07) is -0.293.